The molecule has 1 aliphatic rings. The Kier molecular flexibility index (Phi) is 5.20. The number of aromatic nitrogens is 2. The van der Waals surface area contributed by atoms with Gasteiger partial charge in [0.05, 0.1) is 5.75 Å². The van der Waals surface area contributed by atoms with Gasteiger partial charge in [0.2, 0.25) is 11.8 Å². The molecule has 0 bridgehead atoms. The van der Waals surface area contributed by atoms with Crippen molar-refractivity contribution in [2.75, 3.05) is 5.75 Å². The number of carbonyl (C=O) groups is 1. The molecule has 3 aromatic rings. The summed E-state index contributed by atoms with van der Waals surface area (Å²) < 4.78 is 5.78. The normalized spacial score (nSPS) is 15.2. The topological polar surface area (TPSA) is 68.0 Å². The number of carbonyl (C=O) groups excluding carboxylic acids is 1. The van der Waals surface area contributed by atoms with Gasteiger partial charge < -0.3 is 9.73 Å². The molecule has 1 fully saturated rings. The zero-order valence-electron chi connectivity index (χ0n) is 14.5. The number of hydrogen-bond acceptors (Lipinski definition) is 5. The van der Waals surface area contributed by atoms with Gasteiger partial charge in [0.25, 0.3) is 5.22 Å². The SMILES string of the molecule is O=C(CSc1nnc(-c2cccc3ccccc23)o1)NC1CCCCC1. The Balaban J connectivity index is 1.40. The highest BCUT2D eigenvalue weighted by molar-refractivity contribution is 7.99. The summed E-state index contributed by atoms with van der Waals surface area (Å²) in [6, 6.07) is 14.4. The fraction of sp³-hybridized carbons (Fsp3) is 0.350. The van der Waals surface area contributed by atoms with Crippen LogP contribution in [0.3, 0.4) is 0 Å². The van der Waals surface area contributed by atoms with Crippen LogP contribution in [0.5, 0.6) is 0 Å². The van der Waals surface area contributed by atoms with Crippen molar-refractivity contribution in [2.45, 2.75) is 43.4 Å². The smallest absolute Gasteiger partial charge is 0.277 e. The number of amides is 1. The first-order chi connectivity index (χ1) is 12.8. The van der Waals surface area contributed by atoms with Gasteiger partial charge >= 0.3 is 0 Å². The summed E-state index contributed by atoms with van der Waals surface area (Å²) in [5, 5.41) is 14.0. The first kappa shape index (κ1) is 17.1. The van der Waals surface area contributed by atoms with Crippen molar-refractivity contribution < 1.29 is 9.21 Å². The number of thioether (sulfide) groups is 1. The van der Waals surface area contributed by atoms with Gasteiger partial charge in [-0.25, -0.2) is 0 Å². The van der Waals surface area contributed by atoms with Gasteiger partial charge in [0, 0.05) is 11.6 Å². The average molecular weight is 367 g/mol. The predicted octanol–water partition coefficient (Wildman–Crippen LogP) is 4.43. The van der Waals surface area contributed by atoms with Crippen LogP contribution >= 0.6 is 11.8 Å². The van der Waals surface area contributed by atoms with E-state index in [0.717, 1.165) is 29.2 Å². The lowest BCUT2D eigenvalue weighted by Crippen LogP contribution is -2.37. The molecule has 0 spiro atoms. The Bertz CT molecular complexity index is 897. The Morgan fingerprint density at radius 3 is 2.77 bits per heavy atom. The lowest BCUT2D eigenvalue weighted by Gasteiger charge is -2.22. The van der Waals surface area contributed by atoms with Crippen LogP contribution in [-0.2, 0) is 4.79 Å². The monoisotopic (exact) mass is 367 g/mol. The van der Waals surface area contributed by atoms with Gasteiger partial charge in [-0.3, -0.25) is 4.79 Å². The van der Waals surface area contributed by atoms with Crippen molar-refractivity contribution in [1.29, 1.82) is 0 Å². The molecule has 2 aromatic carbocycles. The van der Waals surface area contributed by atoms with E-state index in [2.05, 4.69) is 27.6 Å². The average Bonchev–Trinajstić information content (AvgIpc) is 3.16. The van der Waals surface area contributed by atoms with Crippen LogP contribution in [0.4, 0.5) is 0 Å². The van der Waals surface area contributed by atoms with E-state index in [-0.39, 0.29) is 5.91 Å². The van der Waals surface area contributed by atoms with E-state index in [1.165, 1.54) is 31.0 Å². The zero-order chi connectivity index (χ0) is 17.8. The third-order valence-electron chi connectivity index (χ3n) is 4.72. The molecular formula is C20H21N3O2S. The van der Waals surface area contributed by atoms with Crippen LogP contribution in [0.25, 0.3) is 22.2 Å². The molecule has 26 heavy (non-hydrogen) atoms. The van der Waals surface area contributed by atoms with Crippen molar-refractivity contribution in [1.82, 2.24) is 15.5 Å². The number of nitrogens with one attached hydrogen (secondary N) is 1. The first-order valence-corrected chi connectivity index (χ1v) is 10.0. The summed E-state index contributed by atoms with van der Waals surface area (Å²) in [4.78, 5) is 12.1. The van der Waals surface area contributed by atoms with Crippen LogP contribution in [-0.4, -0.2) is 27.9 Å². The summed E-state index contributed by atoms with van der Waals surface area (Å²) in [5.41, 5.74) is 0.911. The van der Waals surface area contributed by atoms with E-state index < -0.39 is 0 Å². The third-order valence-corrected chi connectivity index (χ3v) is 5.54. The Morgan fingerprint density at radius 2 is 1.88 bits per heavy atom. The van der Waals surface area contributed by atoms with E-state index in [1.807, 2.05) is 30.3 Å². The molecule has 0 saturated heterocycles. The lowest BCUT2D eigenvalue weighted by molar-refractivity contribution is -0.119. The van der Waals surface area contributed by atoms with Crippen LogP contribution in [0.2, 0.25) is 0 Å². The van der Waals surface area contributed by atoms with Gasteiger partial charge in [-0.15, -0.1) is 10.2 Å². The number of rotatable bonds is 5. The highest BCUT2D eigenvalue weighted by Gasteiger charge is 2.17. The highest BCUT2D eigenvalue weighted by Crippen LogP contribution is 2.29. The highest BCUT2D eigenvalue weighted by atomic mass is 32.2. The van der Waals surface area contributed by atoms with Crippen molar-refractivity contribution >= 4 is 28.4 Å². The van der Waals surface area contributed by atoms with Crippen LogP contribution in [0.15, 0.2) is 52.1 Å². The van der Waals surface area contributed by atoms with E-state index in [0.29, 0.717) is 22.9 Å². The number of fused-ring (bicyclic) bond motifs is 1. The number of hydrogen-bond donors (Lipinski definition) is 1. The van der Waals surface area contributed by atoms with Crippen LogP contribution in [0.1, 0.15) is 32.1 Å². The summed E-state index contributed by atoms with van der Waals surface area (Å²) in [6.45, 7) is 0. The molecule has 1 heterocycles. The minimum absolute atomic E-state index is 0.0341. The van der Waals surface area contributed by atoms with Gasteiger partial charge in [-0.1, -0.05) is 67.4 Å². The molecule has 1 aromatic heterocycles. The molecule has 0 unspecified atom stereocenters. The third kappa shape index (κ3) is 3.90. The van der Waals surface area contributed by atoms with Gasteiger partial charge in [-0.2, -0.15) is 0 Å². The minimum Gasteiger partial charge on any atom is -0.411 e. The van der Waals surface area contributed by atoms with E-state index in [4.69, 9.17) is 4.42 Å². The molecule has 0 radical (unpaired) electrons. The van der Waals surface area contributed by atoms with Crippen LogP contribution in [0, 0.1) is 0 Å². The van der Waals surface area contributed by atoms with Gasteiger partial charge in [0.15, 0.2) is 0 Å². The molecule has 134 valence electrons. The summed E-state index contributed by atoms with van der Waals surface area (Å²) >= 11 is 1.29. The molecule has 6 heteroatoms. The Morgan fingerprint density at radius 1 is 1.08 bits per heavy atom. The van der Waals surface area contributed by atoms with Crippen molar-refractivity contribution in [3.63, 3.8) is 0 Å². The molecule has 0 atom stereocenters. The maximum Gasteiger partial charge on any atom is 0.277 e. The second kappa shape index (κ2) is 7.91. The Labute approximate surface area is 156 Å². The first-order valence-electron chi connectivity index (χ1n) is 9.03. The zero-order valence-corrected chi connectivity index (χ0v) is 15.3. The van der Waals surface area contributed by atoms with E-state index in [1.54, 1.807) is 0 Å². The molecule has 5 nitrogen and oxygen atoms in total. The standard InChI is InChI=1S/C20H21N3O2S/c24-18(21-15-9-2-1-3-10-15)13-26-20-23-22-19(25-20)17-12-6-8-14-7-4-5-11-16(14)17/h4-8,11-12,15H,1-3,9-10,13H2,(H,21,24). The fourth-order valence-electron chi connectivity index (χ4n) is 3.43. The number of nitrogens with zero attached hydrogens (tertiary/aromatic N) is 2. The van der Waals surface area contributed by atoms with Gasteiger partial charge in [0.1, 0.15) is 0 Å². The van der Waals surface area contributed by atoms with Gasteiger partial charge in [-0.05, 0) is 29.7 Å². The maximum atomic E-state index is 12.1. The summed E-state index contributed by atoms with van der Waals surface area (Å²) in [5.74, 6) is 0.817. The molecule has 1 saturated carbocycles. The summed E-state index contributed by atoms with van der Waals surface area (Å²) in [7, 11) is 0. The Hall–Kier alpha value is -2.34. The van der Waals surface area contributed by atoms with Crippen LogP contribution < -0.4 is 5.32 Å². The minimum atomic E-state index is 0.0341. The molecule has 0 aliphatic heterocycles. The summed E-state index contributed by atoms with van der Waals surface area (Å²) in [6.07, 6.45) is 5.86. The fourth-order valence-corrected chi connectivity index (χ4v) is 4.01. The van der Waals surface area contributed by atoms with E-state index >= 15 is 0 Å². The second-order valence-corrected chi connectivity index (χ2v) is 7.52. The maximum absolute atomic E-state index is 12.1. The molecule has 4 rings (SSSR count). The predicted molar refractivity (Wildman–Crippen MR) is 103 cm³/mol. The molecule has 1 amide bonds. The lowest BCUT2D eigenvalue weighted by atomic mass is 9.95. The molecule has 1 aliphatic carbocycles. The van der Waals surface area contributed by atoms with Crippen molar-refractivity contribution in [2.24, 2.45) is 0 Å². The largest absolute Gasteiger partial charge is 0.411 e. The van der Waals surface area contributed by atoms with E-state index in [9.17, 15) is 4.79 Å². The molecule has 1 N–H and O–H groups in total. The number of benzene rings is 2. The molecular weight excluding hydrogens is 346 g/mol. The van der Waals surface area contributed by atoms with Crippen molar-refractivity contribution in [3.8, 4) is 11.5 Å². The second-order valence-electron chi connectivity index (χ2n) is 6.59. The quantitative estimate of drug-likeness (QED) is 0.676. The van der Waals surface area contributed by atoms with Crippen molar-refractivity contribution in [3.05, 3.63) is 42.5 Å².